The van der Waals surface area contributed by atoms with Gasteiger partial charge < -0.3 is 10.0 Å². The van der Waals surface area contributed by atoms with E-state index >= 15 is 0 Å². The number of piperidine rings is 1. The van der Waals surface area contributed by atoms with Crippen LogP contribution in [0.15, 0.2) is 12.2 Å². The van der Waals surface area contributed by atoms with E-state index in [9.17, 15) is 0 Å². The molecule has 0 amide bonds. The Morgan fingerprint density at radius 2 is 2.06 bits per heavy atom. The third-order valence-electron chi connectivity index (χ3n) is 4.20. The van der Waals surface area contributed by atoms with Crippen LogP contribution in [0.25, 0.3) is 0 Å². The topological polar surface area (TPSA) is 40.5 Å². The van der Waals surface area contributed by atoms with E-state index < -0.39 is 5.97 Å². The molecule has 3 nitrogen and oxygen atoms in total. The second-order valence-electron chi connectivity index (χ2n) is 5.55. The summed E-state index contributed by atoms with van der Waals surface area (Å²) in [7, 11) is 2.30. The van der Waals surface area contributed by atoms with Crippen LogP contribution in [0.5, 0.6) is 0 Å². The number of aliphatic carboxylic acids is 1. The van der Waals surface area contributed by atoms with E-state index in [2.05, 4.69) is 31.0 Å². The molecule has 0 bridgehead atoms. The highest BCUT2D eigenvalue weighted by atomic mass is 16.4. The standard InChI is InChI=1S/C13H23N.C2H4O2/c1-3-12-13(8-5-4-6-9-13)10-7-11-14(12)2;1-2(3)4/h5,8,12H,3-4,6-7,9-11H2,1-2H3;1H3,(H,3,4). The van der Waals surface area contributed by atoms with Crippen molar-refractivity contribution >= 4 is 5.97 Å². The summed E-state index contributed by atoms with van der Waals surface area (Å²) in [5.74, 6) is -0.833. The number of nitrogens with zero attached hydrogens (tertiary/aromatic N) is 1. The summed E-state index contributed by atoms with van der Waals surface area (Å²) in [6, 6.07) is 0.799. The number of likely N-dealkylation sites (tertiary alicyclic amines) is 1. The number of carboxylic acid groups (broad SMARTS) is 1. The summed E-state index contributed by atoms with van der Waals surface area (Å²) < 4.78 is 0. The molecule has 3 heteroatoms. The van der Waals surface area contributed by atoms with Crippen molar-refractivity contribution in [1.82, 2.24) is 4.90 Å². The molecule has 2 rings (SSSR count). The Balaban J connectivity index is 0.000000357. The Kier molecular flexibility index (Phi) is 5.86. The molecule has 2 unspecified atom stereocenters. The molecule has 18 heavy (non-hydrogen) atoms. The van der Waals surface area contributed by atoms with Gasteiger partial charge in [-0.3, -0.25) is 4.79 Å². The van der Waals surface area contributed by atoms with Crippen molar-refractivity contribution in [2.24, 2.45) is 5.41 Å². The average molecular weight is 253 g/mol. The van der Waals surface area contributed by atoms with Crippen molar-refractivity contribution in [1.29, 1.82) is 0 Å². The first kappa shape index (κ1) is 15.2. The molecule has 0 aromatic carbocycles. The predicted octanol–water partition coefficient (Wildman–Crippen LogP) is 3.31. The van der Waals surface area contributed by atoms with Gasteiger partial charge in [-0.1, -0.05) is 19.1 Å². The maximum Gasteiger partial charge on any atom is 0.300 e. The highest BCUT2D eigenvalue weighted by Gasteiger charge is 2.40. The minimum atomic E-state index is -0.833. The zero-order valence-electron chi connectivity index (χ0n) is 12.0. The van der Waals surface area contributed by atoms with Crippen LogP contribution in [0.4, 0.5) is 0 Å². The predicted molar refractivity (Wildman–Crippen MR) is 74.7 cm³/mol. The van der Waals surface area contributed by atoms with Gasteiger partial charge in [-0.15, -0.1) is 0 Å². The van der Waals surface area contributed by atoms with Gasteiger partial charge in [0, 0.05) is 18.4 Å². The van der Waals surface area contributed by atoms with E-state index in [0.717, 1.165) is 13.0 Å². The van der Waals surface area contributed by atoms with Crippen LogP contribution in [0, 0.1) is 5.41 Å². The second-order valence-corrected chi connectivity index (χ2v) is 5.55. The maximum absolute atomic E-state index is 9.00. The fourth-order valence-electron chi connectivity index (χ4n) is 3.57. The van der Waals surface area contributed by atoms with Gasteiger partial charge in [-0.05, 0) is 52.1 Å². The second kappa shape index (κ2) is 6.93. The molecule has 2 atom stereocenters. The average Bonchev–Trinajstić information content (AvgIpc) is 2.29. The summed E-state index contributed by atoms with van der Waals surface area (Å²) in [4.78, 5) is 11.6. The Bertz CT molecular complexity index is 297. The highest BCUT2D eigenvalue weighted by molar-refractivity contribution is 5.62. The molecule has 1 spiro atoms. The van der Waals surface area contributed by atoms with E-state index in [1.54, 1.807) is 0 Å². The molecule has 1 aliphatic heterocycles. The number of rotatable bonds is 1. The summed E-state index contributed by atoms with van der Waals surface area (Å²) >= 11 is 0. The molecule has 1 fully saturated rings. The molecule has 0 saturated carbocycles. The first-order chi connectivity index (χ1) is 8.52. The first-order valence-corrected chi connectivity index (χ1v) is 7.09. The van der Waals surface area contributed by atoms with Gasteiger partial charge >= 0.3 is 0 Å². The highest BCUT2D eigenvalue weighted by Crippen LogP contribution is 2.44. The van der Waals surface area contributed by atoms with Crippen LogP contribution < -0.4 is 0 Å². The van der Waals surface area contributed by atoms with Crippen molar-refractivity contribution in [2.75, 3.05) is 13.6 Å². The minimum Gasteiger partial charge on any atom is -0.481 e. The van der Waals surface area contributed by atoms with Crippen LogP contribution in [0.1, 0.15) is 52.4 Å². The van der Waals surface area contributed by atoms with Gasteiger partial charge in [-0.25, -0.2) is 0 Å². The van der Waals surface area contributed by atoms with Crippen molar-refractivity contribution in [3.05, 3.63) is 12.2 Å². The normalized spacial score (nSPS) is 31.8. The molecule has 0 aromatic rings. The quantitative estimate of drug-likeness (QED) is 0.729. The molecule has 2 aliphatic rings. The van der Waals surface area contributed by atoms with E-state index in [-0.39, 0.29) is 0 Å². The number of hydrogen-bond donors (Lipinski definition) is 1. The molecule has 1 aliphatic carbocycles. The fraction of sp³-hybridized carbons (Fsp3) is 0.800. The van der Waals surface area contributed by atoms with E-state index in [1.807, 2.05) is 0 Å². The van der Waals surface area contributed by atoms with Gasteiger partial charge in [0.25, 0.3) is 5.97 Å². The SMILES string of the molecule is CC(=O)O.CCC1N(C)CCCC12C=CCCC2. The largest absolute Gasteiger partial charge is 0.481 e. The molecule has 1 N–H and O–H groups in total. The van der Waals surface area contributed by atoms with Crippen molar-refractivity contribution in [3.8, 4) is 0 Å². The molecular formula is C15H27NO2. The minimum absolute atomic E-state index is 0.542. The summed E-state index contributed by atoms with van der Waals surface area (Å²) in [5.41, 5.74) is 0.542. The maximum atomic E-state index is 9.00. The zero-order valence-corrected chi connectivity index (χ0v) is 12.0. The molecule has 104 valence electrons. The van der Waals surface area contributed by atoms with Gasteiger partial charge in [0.1, 0.15) is 0 Å². The number of allylic oxidation sites excluding steroid dienone is 1. The van der Waals surface area contributed by atoms with Crippen LogP contribution in [-0.2, 0) is 4.79 Å². The number of carboxylic acids is 1. The first-order valence-electron chi connectivity index (χ1n) is 7.09. The van der Waals surface area contributed by atoms with Gasteiger partial charge in [0.15, 0.2) is 0 Å². The lowest BCUT2D eigenvalue weighted by atomic mass is 9.67. The molecule has 1 heterocycles. The van der Waals surface area contributed by atoms with Crippen LogP contribution >= 0.6 is 0 Å². The van der Waals surface area contributed by atoms with Crippen molar-refractivity contribution in [3.63, 3.8) is 0 Å². The molecule has 1 saturated heterocycles. The zero-order chi connectivity index (χ0) is 13.6. The van der Waals surface area contributed by atoms with Crippen molar-refractivity contribution in [2.45, 2.75) is 58.4 Å². The van der Waals surface area contributed by atoms with Gasteiger partial charge in [-0.2, -0.15) is 0 Å². The Hall–Kier alpha value is -0.830. The summed E-state index contributed by atoms with van der Waals surface area (Å²) in [6.07, 6.45) is 13.2. The van der Waals surface area contributed by atoms with E-state index in [4.69, 9.17) is 9.90 Å². The lowest BCUT2D eigenvalue weighted by Crippen LogP contribution is -2.49. The summed E-state index contributed by atoms with van der Waals surface area (Å²) in [6.45, 7) is 4.73. The van der Waals surface area contributed by atoms with E-state index in [0.29, 0.717) is 5.41 Å². The lowest BCUT2D eigenvalue weighted by Gasteiger charge is -2.48. The van der Waals surface area contributed by atoms with E-state index in [1.165, 1.54) is 45.1 Å². The summed E-state index contributed by atoms with van der Waals surface area (Å²) in [5, 5.41) is 7.42. The van der Waals surface area contributed by atoms with Crippen LogP contribution in [-0.4, -0.2) is 35.6 Å². The van der Waals surface area contributed by atoms with Crippen molar-refractivity contribution < 1.29 is 9.90 Å². The third-order valence-corrected chi connectivity index (χ3v) is 4.20. The van der Waals surface area contributed by atoms with Gasteiger partial charge in [0.2, 0.25) is 0 Å². The smallest absolute Gasteiger partial charge is 0.300 e. The lowest BCUT2D eigenvalue weighted by molar-refractivity contribution is -0.134. The molecule has 0 radical (unpaired) electrons. The fourth-order valence-corrected chi connectivity index (χ4v) is 3.57. The monoisotopic (exact) mass is 253 g/mol. The third kappa shape index (κ3) is 3.84. The Labute approximate surface area is 111 Å². The number of hydrogen-bond acceptors (Lipinski definition) is 2. The molecule has 0 aromatic heterocycles. The number of carbonyl (C=O) groups is 1. The molecular weight excluding hydrogens is 226 g/mol. The van der Waals surface area contributed by atoms with Crippen LogP contribution in [0.3, 0.4) is 0 Å². The van der Waals surface area contributed by atoms with Gasteiger partial charge in [0.05, 0.1) is 0 Å². The van der Waals surface area contributed by atoms with Crippen LogP contribution in [0.2, 0.25) is 0 Å². The Morgan fingerprint density at radius 3 is 2.56 bits per heavy atom. The Morgan fingerprint density at radius 1 is 1.44 bits per heavy atom.